The number of carbonyl (C=O) groups excluding carboxylic acids is 2. The highest BCUT2D eigenvalue weighted by Crippen LogP contribution is 2.37. The number of aliphatic hydroxyl groups excluding tert-OH is 1. The third kappa shape index (κ3) is 18.7. The van der Waals surface area contributed by atoms with E-state index in [2.05, 4.69) is 53.0 Å². The molecule has 9 heteroatoms. The summed E-state index contributed by atoms with van der Waals surface area (Å²) in [4.78, 5) is 25.9. The van der Waals surface area contributed by atoms with Crippen molar-refractivity contribution >= 4 is 20.0 Å². The van der Waals surface area contributed by atoms with E-state index >= 15 is 0 Å². The van der Waals surface area contributed by atoms with Crippen molar-refractivity contribution in [2.75, 3.05) is 13.2 Å². The Balaban J connectivity index is 2.85. The van der Waals surface area contributed by atoms with Gasteiger partial charge in [-0.25, -0.2) is 0 Å². The Labute approximate surface area is 296 Å². The summed E-state index contributed by atoms with van der Waals surface area (Å²) in [7, 11) is -2.12. The van der Waals surface area contributed by atoms with E-state index in [1.807, 2.05) is 6.92 Å². The quantitative estimate of drug-likeness (QED) is 0.0363. The van der Waals surface area contributed by atoms with Gasteiger partial charge in [0.15, 0.2) is 8.32 Å². The van der Waals surface area contributed by atoms with Gasteiger partial charge in [-0.1, -0.05) is 137 Å². The van der Waals surface area contributed by atoms with Crippen LogP contribution >= 0.6 is 0 Å². The molecule has 282 valence electrons. The Morgan fingerprint density at radius 1 is 0.833 bits per heavy atom. The maximum Gasteiger partial charge on any atom is 0.227 e. The van der Waals surface area contributed by atoms with E-state index in [1.54, 1.807) is 6.08 Å². The van der Waals surface area contributed by atoms with Crippen LogP contribution < -0.4 is 5.32 Å². The maximum absolute atomic E-state index is 13.2. The van der Waals surface area contributed by atoms with Crippen molar-refractivity contribution in [3.05, 3.63) is 12.3 Å². The van der Waals surface area contributed by atoms with Crippen molar-refractivity contribution < 1.29 is 33.3 Å². The van der Waals surface area contributed by atoms with Crippen LogP contribution in [0.25, 0.3) is 0 Å². The molecule has 0 aliphatic carbocycles. The summed E-state index contributed by atoms with van der Waals surface area (Å²) < 4.78 is 25.0. The lowest BCUT2D eigenvalue weighted by atomic mass is 9.96. The van der Waals surface area contributed by atoms with Crippen LogP contribution in [0, 0.1) is 0 Å². The van der Waals surface area contributed by atoms with Gasteiger partial charge >= 0.3 is 0 Å². The van der Waals surface area contributed by atoms with Crippen LogP contribution in [-0.4, -0.2) is 69.0 Å². The number of ether oxygens (including phenoxy) is 3. The Morgan fingerprint density at radius 3 is 1.88 bits per heavy atom. The number of ketones is 1. The first-order valence-electron chi connectivity index (χ1n) is 19.5. The highest BCUT2D eigenvalue weighted by atomic mass is 28.4. The van der Waals surface area contributed by atoms with Crippen LogP contribution in [0.3, 0.4) is 0 Å². The number of allylic oxidation sites excluding steroid dienone is 1. The zero-order valence-electron chi connectivity index (χ0n) is 32.3. The van der Waals surface area contributed by atoms with E-state index in [0.717, 1.165) is 38.5 Å². The van der Waals surface area contributed by atoms with Gasteiger partial charge in [-0.05, 0) is 37.9 Å². The summed E-state index contributed by atoms with van der Waals surface area (Å²) in [6, 6.07) is -0.789. The Hall–Kier alpha value is -1.26. The number of hydrogen-bond donors (Lipinski definition) is 2. The van der Waals surface area contributed by atoms with Crippen molar-refractivity contribution in [1.82, 2.24) is 5.32 Å². The first-order valence-corrected chi connectivity index (χ1v) is 22.5. The average molecular weight is 698 g/mol. The predicted octanol–water partition coefficient (Wildman–Crippen LogP) is 9.54. The van der Waals surface area contributed by atoms with Gasteiger partial charge in [0, 0.05) is 13.0 Å². The molecule has 1 saturated heterocycles. The van der Waals surface area contributed by atoms with Gasteiger partial charge in [-0.15, -0.1) is 0 Å². The monoisotopic (exact) mass is 698 g/mol. The summed E-state index contributed by atoms with van der Waals surface area (Å²) in [6.45, 7) is 17.8. The second-order valence-corrected chi connectivity index (χ2v) is 20.2. The number of carbonyl (C=O) groups is 2. The zero-order valence-corrected chi connectivity index (χ0v) is 33.3. The van der Waals surface area contributed by atoms with Gasteiger partial charge in [-0.3, -0.25) is 9.59 Å². The largest absolute Gasteiger partial charge is 0.471 e. The molecule has 0 aromatic heterocycles. The number of hydrogen-bond acceptors (Lipinski definition) is 7. The summed E-state index contributed by atoms with van der Waals surface area (Å²) >= 11 is 0. The molecule has 0 spiro atoms. The lowest BCUT2D eigenvalue weighted by Gasteiger charge is -2.45. The number of rotatable bonds is 28. The molecule has 1 heterocycles. The van der Waals surface area contributed by atoms with E-state index in [-0.39, 0.29) is 23.8 Å². The number of nitrogens with one attached hydrogen (secondary N) is 1. The molecule has 2 N–H and O–H groups in total. The smallest absolute Gasteiger partial charge is 0.227 e. The van der Waals surface area contributed by atoms with Crippen molar-refractivity contribution in [2.45, 2.75) is 212 Å². The summed E-state index contributed by atoms with van der Waals surface area (Å²) in [6.07, 6.45) is 20.0. The first kappa shape index (κ1) is 44.8. The SMILES string of the molecule is C/C=C/O[C@@H]1O[C@H](CO[Si](C)(C)C(C)(C)C)[C@@H](O)[C@H](OCCCCCCCCCC)[C@H]1NC(=O)CC(=O)CCCCCCCCCCC. The first-order chi connectivity index (χ1) is 22.9. The Kier molecular flexibility index (Phi) is 23.9. The third-order valence-corrected chi connectivity index (χ3v) is 14.5. The highest BCUT2D eigenvalue weighted by Gasteiger charge is 2.49. The van der Waals surface area contributed by atoms with Gasteiger partial charge in [0.25, 0.3) is 0 Å². The van der Waals surface area contributed by atoms with Gasteiger partial charge < -0.3 is 29.1 Å². The number of aliphatic hydroxyl groups is 1. The van der Waals surface area contributed by atoms with Crippen molar-refractivity contribution in [3.8, 4) is 0 Å². The summed E-state index contributed by atoms with van der Waals surface area (Å²) in [5.74, 6) is -0.474. The standard InChI is InChI=1S/C39H75NO7Si/c1-9-12-14-16-18-20-21-23-25-27-32(41)30-34(42)40-35-37(44-29-26-24-22-19-17-15-13-10-2)36(43)33(47-38(35)45-28-11-3)31-46-48(7,8)39(4,5)6/h11,28,33,35-38,43H,9-10,12-27,29-31H2,1-8H3,(H,40,42)/b28-11+/t33-,35-,36-,37-,38-/m1/s1. The molecular formula is C39H75NO7Si. The fourth-order valence-electron chi connectivity index (χ4n) is 5.78. The predicted molar refractivity (Wildman–Crippen MR) is 199 cm³/mol. The number of unbranched alkanes of at least 4 members (excludes halogenated alkanes) is 15. The molecule has 5 atom stereocenters. The van der Waals surface area contributed by atoms with Gasteiger partial charge in [0.2, 0.25) is 12.2 Å². The van der Waals surface area contributed by atoms with Crippen LogP contribution in [0.1, 0.15) is 164 Å². The molecule has 0 bridgehead atoms. The molecule has 1 rings (SSSR count). The Bertz CT molecular complexity index is 875. The van der Waals surface area contributed by atoms with E-state index in [9.17, 15) is 14.7 Å². The lowest BCUT2D eigenvalue weighted by molar-refractivity contribution is -0.262. The van der Waals surface area contributed by atoms with Crippen LogP contribution in [0.5, 0.6) is 0 Å². The molecule has 1 aliphatic rings. The Morgan fingerprint density at radius 2 is 1.35 bits per heavy atom. The van der Waals surface area contributed by atoms with E-state index in [1.165, 1.54) is 76.9 Å². The second kappa shape index (κ2) is 25.7. The lowest BCUT2D eigenvalue weighted by Crippen LogP contribution is -2.66. The van der Waals surface area contributed by atoms with E-state index in [0.29, 0.717) is 13.0 Å². The number of Topliss-reactive ketones (excluding diaryl/α,β-unsaturated/α-hetero) is 1. The minimum absolute atomic E-state index is 0.00277. The molecular weight excluding hydrogens is 623 g/mol. The van der Waals surface area contributed by atoms with Crippen LogP contribution in [0.2, 0.25) is 18.1 Å². The van der Waals surface area contributed by atoms with Crippen LogP contribution in [0.15, 0.2) is 12.3 Å². The fourth-order valence-corrected chi connectivity index (χ4v) is 6.79. The van der Waals surface area contributed by atoms with Crippen LogP contribution in [-0.2, 0) is 28.2 Å². The molecule has 8 nitrogen and oxygen atoms in total. The maximum atomic E-state index is 13.2. The minimum Gasteiger partial charge on any atom is -0.471 e. The topological polar surface area (TPSA) is 103 Å². The van der Waals surface area contributed by atoms with E-state index in [4.69, 9.17) is 18.6 Å². The van der Waals surface area contributed by atoms with Gasteiger partial charge in [-0.2, -0.15) is 0 Å². The summed E-state index contributed by atoms with van der Waals surface area (Å²) in [5, 5.41) is 14.6. The van der Waals surface area contributed by atoms with Crippen molar-refractivity contribution in [1.29, 1.82) is 0 Å². The van der Waals surface area contributed by atoms with Crippen molar-refractivity contribution in [3.63, 3.8) is 0 Å². The highest BCUT2D eigenvalue weighted by molar-refractivity contribution is 6.74. The zero-order chi connectivity index (χ0) is 35.8. The normalized spacial score (nSPS) is 21.9. The molecule has 0 aromatic carbocycles. The molecule has 0 radical (unpaired) electrons. The molecule has 1 fully saturated rings. The minimum atomic E-state index is -2.12. The number of amides is 1. The molecule has 0 unspecified atom stereocenters. The molecule has 48 heavy (non-hydrogen) atoms. The van der Waals surface area contributed by atoms with E-state index < -0.39 is 44.9 Å². The van der Waals surface area contributed by atoms with Gasteiger partial charge in [0.1, 0.15) is 30.1 Å². The summed E-state index contributed by atoms with van der Waals surface area (Å²) in [5.41, 5.74) is 0. The van der Waals surface area contributed by atoms with Gasteiger partial charge in [0.05, 0.1) is 19.3 Å². The second-order valence-electron chi connectivity index (χ2n) is 15.4. The molecule has 1 aliphatic heterocycles. The van der Waals surface area contributed by atoms with Crippen LogP contribution in [0.4, 0.5) is 0 Å². The third-order valence-electron chi connectivity index (χ3n) is 9.99. The molecule has 0 saturated carbocycles. The van der Waals surface area contributed by atoms with Crippen molar-refractivity contribution in [2.24, 2.45) is 0 Å². The average Bonchev–Trinajstić information content (AvgIpc) is 3.02. The fraction of sp³-hybridized carbons (Fsp3) is 0.897. The molecule has 0 aromatic rings. The molecule has 1 amide bonds.